The average molecular weight is 236 g/mol. The van der Waals surface area contributed by atoms with Crippen molar-refractivity contribution in [1.29, 1.82) is 0 Å². The van der Waals surface area contributed by atoms with Crippen LogP contribution in [0.2, 0.25) is 0 Å². The molecule has 2 unspecified atom stereocenters. The molecule has 1 aliphatic rings. The van der Waals surface area contributed by atoms with Gasteiger partial charge in [-0.15, -0.1) is 0 Å². The van der Waals surface area contributed by atoms with E-state index in [0.717, 1.165) is 36.3 Å². The van der Waals surface area contributed by atoms with Crippen molar-refractivity contribution in [3.63, 3.8) is 0 Å². The Hall–Kier alpha value is -1.22. The molecule has 1 saturated carbocycles. The number of aliphatic hydroxyl groups is 1. The second-order valence-corrected chi connectivity index (χ2v) is 4.57. The molecule has 0 spiro atoms. The fourth-order valence-electron chi connectivity index (χ4n) is 2.60. The Balaban J connectivity index is 2.33. The van der Waals surface area contributed by atoms with Gasteiger partial charge in [-0.05, 0) is 31.0 Å². The Morgan fingerprint density at radius 3 is 2.53 bits per heavy atom. The summed E-state index contributed by atoms with van der Waals surface area (Å²) in [6, 6.07) is 5.78. The monoisotopic (exact) mass is 236 g/mol. The first-order chi connectivity index (χ1) is 8.26. The van der Waals surface area contributed by atoms with Crippen LogP contribution in [0.15, 0.2) is 18.2 Å². The smallest absolute Gasteiger partial charge is 0.122 e. The third kappa shape index (κ3) is 2.55. The highest BCUT2D eigenvalue weighted by Crippen LogP contribution is 2.39. The van der Waals surface area contributed by atoms with Crippen molar-refractivity contribution < 1.29 is 14.6 Å². The molecule has 1 aromatic carbocycles. The van der Waals surface area contributed by atoms with Crippen LogP contribution in [0.1, 0.15) is 37.2 Å². The molecule has 0 aromatic heterocycles. The van der Waals surface area contributed by atoms with Gasteiger partial charge in [0.15, 0.2) is 0 Å². The Labute approximate surface area is 102 Å². The van der Waals surface area contributed by atoms with Crippen LogP contribution in [0, 0.1) is 0 Å². The van der Waals surface area contributed by atoms with E-state index in [1.807, 2.05) is 18.2 Å². The van der Waals surface area contributed by atoms with Gasteiger partial charge in [-0.25, -0.2) is 0 Å². The summed E-state index contributed by atoms with van der Waals surface area (Å²) in [5, 5.41) is 10.1. The lowest BCUT2D eigenvalue weighted by Gasteiger charge is -2.29. The molecule has 2 rings (SSSR count). The largest absolute Gasteiger partial charge is 0.497 e. The fourth-order valence-corrected chi connectivity index (χ4v) is 2.60. The highest BCUT2D eigenvalue weighted by Gasteiger charge is 2.27. The third-order valence-electron chi connectivity index (χ3n) is 3.57. The molecule has 1 aromatic rings. The van der Waals surface area contributed by atoms with E-state index in [1.54, 1.807) is 14.2 Å². The zero-order valence-corrected chi connectivity index (χ0v) is 10.5. The van der Waals surface area contributed by atoms with E-state index in [2.05, 4.69) is 0 Å². The second-order valence-electron chi connectivity index (χ2n) is 4.57. The molecule has 94 valence electrons. The quantitative estimate of drug-likeness (QED) is 0.877. The van der Waals surface area contributed by atoms with Crippen molar-refractivity contribution in [1.82, 2.24) is 0 Å². The third-order valence-corrected chi connectivity index (χ3v) is 3.57. The van der Waals surface area contributed by atoms with Crippen molar-refractivity contribution in [3.8, 4) is 11.5 Å². The predicted molar refractivity (Wildman–Crippen MR) is 66.8 cm³/mol. The molecular weight excluding hydrogens is 216 g/mol. The summed E-state index contributed by atoms with van der Waals surface area (Å²) in [5.74, 6) is 1.84. The van der Waals surface area contributed by atoms with Crippen LogP contribution in [0.4, 0.5) is 0 Å². The predicted octanol–water partition coefficient (Wildman–Crippen LogP) is 2.72. The van der Waals surface area contributed by atoms with Gasteiger partial charge in [0.25, 0.3) is 0 Å². The van der Waals surface area contributed by atoms with Crippen molar-refractivity contribution >= 4 is 0 Å². The first-order valence-electron chi connectivity index (χ1n) is 6.16. The lowest BCUT2D eigenvalue weighted by molar-refractivity contribution is 0.105. The maximum atomic E-state index is 10.1. The van der Waals surface area contributed by atoms with Crippen LogP contribution >= 0.6 is 0 Å². The van der Waals surface area contributed by atoms with Gasteiger partial charge < -0.3 is 14.6 Å². The van der Waals surface area contributed by atoms with Gasteiger partial charge in [0.2, 0.25) is 0 Å². The van der Waals surface area contributed by atoms with E-state index in [1.165, 1.54) is 6.42 Å². The molecule has 0 saturated heterocycles. The lowest BCUT2D eigenvalue weighted by atomic mass is 9.81. The standard InChI is InChI=1S/C14H20O3/c1-16-10-7-8-14(17-2)12(9-10)11-5-3-4-6-13(11)15/h7-9,11,13,15H,3-6H2,1-2H3. The van der Waals surface area contributed by atoms with Gasteiger partial charge in [-0.3, -0.25) is 0 Å². The molecule has 1 aliphatic carbocycles. The van der Waals surface area contributed by atoms with Crippen LogP contribution in [0.25, 0.3) is 0 Å². The van der Waals surface area contributed by atoms with E-state index in [9.17, 15) is 5.11 Å². The Morgan fingerprint density at radius 1 is 1.12 bits per heavy atom. The average Bonchev–Trinajstić information content (AvgIpc) is 2.38. The van der Waals surface area contributed by atoms with E-state index >= 15 is 0 Å². The topological polar surface area (TPSA) is 38.7 Å². The molecule has 2 atom stereocenters. The van der Waals surface area contributed by atoms with Crippen molar-refractivity contribution in [3.05, 3.63) is 23.8 Å². The number of methoxy groups -OCH3 is 2. The zero-order chi connectivity index (χ0) is 12.3. The highest BCUT2D eigenvalue weighted by atomic mass is 16.5. The maximum Gasteiger partial charge on any atom is 0.122 e. The number of hydrogen-bond acceptors (Lipinski definition) is 3. The summed E-state index contributed by atoms with van der Waals surface area (Å²) >= 11 is 0. The van der Waals surface area contributed by atoms with Gasteiger partial charge in [0.1, 0.15) is 11.5 Å². The zero-order valence-electron chi connectivity index (χ0n) is 10.5. The van der Waals surface area contributed by atoms with Crippen LogP contribution in [-0.4, -0.2) is 25.4 Å². The summed E-state index contributed by atoms with van der Waals surface area (Å²) in [7, 11) is 3.32. The molecule has 3 nitrogen and oxygen atoms in total. The fraction of sp³-hybridized carbons (Fsp3) is 0.571. The SMILES string of the molecule is COc1ccc(OC)c(C2CCCCC2O)c1. The van der Waals surface area contributed by atoms with Gasteiger partial charge >= 0.3 is 0 Å². The van der Waals surface area contributed by atoms with E-state index in [0.29, 0.717) is 0 Å². The number of aliphatic hydroxyl groups excluding tert-OH is 1. The Bertz CT molecular complexity index is 376. The highest BCUT2D eigenvalue weighted by molar-refractivity contribution is 5.43. The van der Waals surface area contributed by atoms with Crippen molar-refractivity contribution in [2.75, 3.05) is 14.2 Å². The lowest BCUT2D eigenvalue weighted by Crippen LogP contribution is -2.23. The van der Waals surface area contributed by atoms with Crippen molar-refractivity contribution in [2.24, 2.45) is 0 Å². The summed E-state index contributed by atoms with van der Waals surface area (Å²) in [6.45, 7) is 0. The van der Waals surface area contributed by atoms with Crippen LogP contribution in [-0.2, 0) is 0 Å². The molecule has 0 aliphatic heterocycles. The van der Waals surface area contributed by atoms with Gasteiger partial charge in [-0.2, -0.15) is 0 Å². The van der Waals surface area contributed by atoms with Crippen LogP contribution in [0.3, 0.4) is 0 Å². The number of benzene rings is 1. The minimum Gasteiger partial charge on any atom is -0.497 e. The minimum atomic E-state index is -0.259. The minimum absolute atomic E-state index is 0.175. The summed E-state index contributed by atoms with van der Waals surface area (Å²) in [4.78, 5) is 0. The molecule has 1 fully saturated rings. The number of hydrogen-bond donors (Lipinski definition) is 1. The second kappa shape index (κ2) is 5.41. The first-order valence-corrected chi connectivity index (χ1v) is 6.16. The Morgan fingerprint density at radius 2 is 1.88 bits per heavy atom. The van der Waals surface area contributed by atoms with Gasteiger partial charge in [0, 0.05) is 11.5 Å². The first kappa shape index (κ1) is 12.2. The number of ether oxygens (including phenoxy) is 2. The molecule has 0 amide bonds. The molecular formula is C14H20O3. The van der Waals surface area contributed by atoms with Gasteiger partial charge in [-0.1, -0.05) is 12.8 Å². The van der Waals surface area contributed by atoms with E-state index < -0.39 is 0 Å². The molecule has 0 heterocycles. The summed E-state index contributed by atoms with van der Waals surface area (Å²) in [5.41, 5.74) is 1.07. The van der Waals surface area contributed by atoms with Crippen LogP contribution < -0.4 is 9.47 Å². The van der Waals surface area contributed by atoms with Crippen LogP contribution in [0.5, 0.6) is 11.5 Å². The van der Waals surface area contributed by atoms with Gasteiger partial charge in [0.05, 0.1) is 20.3 Å². The maximum absolute atomic E-state index is 10.1. The summed E-state index contributed by atoms with van der Waals surface area (Å²) in [6.07, 6.45) is 3.92. The molecule has 0 bridgehead atoms. The van der Waals surface area contributed by atoms with E-state index in [-0.39, 0.29) is 12.0 Å². The normalized spacial score (nSPS) is 24.4. The molecule has 3 heteroatoms. The molecule has 0 radical (unpaired) electrons. The molecule has 1 N–H and O–H groups in total. The molecule has 17 heavy (non-hydrogen) atoms. The number of rotatable bonds is 3. The summed E-state index contributed by atoms with van der Waals surface area (Å²) < 4.78 is 10.6. The van der Waals surface area contributed by atoms with Crippen molar-refractivity contribution in [2.45, 2.75) is 37.7 Å². The Kier molecular flexibility index (Phi) is 3.89. The van der Waals surface area contributed by atoms with E-state index in [4.69, 9.17) is 9.47 Å².